The molecule has 1 aromatic carbocycles. The second kappa shape index (κ2) is 3.99. The third-order valence-corrected chi connectivity index (χ3v) is 2.51. The molecule has 0 saturated carbocycles. The molecule has 0 amide bonds. The Kier molecular flexibility index (Phi) is 2.69. The van der Waals surface area contributed by atoms with Crippen molar-refractivity contribution in [3.05, 3.63) is 52.9 Å². The van der Waals surface area contributed by atoms with Crippen LogP contribution >= 0.6 is 11.6 Å². The molecule has 0 radical (unpaired) electrons. The third-order valence-electron chi connectivity index (χ3n) is 2.21. The lowest BCUT2D eigenvalue weighted by molar-refractivity contribution is 0.621. The Hall–Kier alpha value is -1.41. The Morgan fingerprint density at radius 2 is 2.00 bits per heavy atom. The van der Waals surface area contributed by atoms with Crippen LogP contribution in [0.2, 0.25) is 5.02 Å². The first kappa shape index (κ1) is 10.1. The Labute approximate surface area is 92.5 Å². The normalized spacial score (nSPS) is 10.3. The standard InChI is InChI=1S/C12H9ClFN/c1-8-4-2-5-9(11(8)14)12-10(13)6-3-7-15-12/h2-7H,1H3. The summed E-state index contributed by atoms with van der Waals surface area (Å²) in [6.45, 7) is 1.72. The lowest BCUT2D eigenvalue weighted by Gasteiger charge is -2.05. The fourth-order valence-electron chi connectivity index (χ4n) is 1.41. The van der Waals surface area contributed by atoms with Crippen molar-refractivity contribution in [3.63, 3.8) is 0 Å². The summed E-state index contributed by atoms with van der Waals surface area (Å²) < 4.78 is 13.8. The van der Waals surface area contributed by atoms with Gasteiger partial charge in [0.1, 0.15) is 5.82 Å². The Balaban J connectivity index is 2.65. The van der Waals surface area contributed by atoms with Gasteiger partial charge in [-0.25, -0.2) is 4.39 Å². The smallest absolute Gasteiger partial charge is 0.135 e. The minimum absolute atomic E-state index is 0.266. The molecule has 2 rings (SSSR count). The predicted molar refractivity (Wildman–Crippen MR) is 59.4 cm³/mol. The van der Waals surface area contributed by atoms with Gasteiger partial charge >= 0.3 is 0 Å². The molecule has 76 valence electrons. The van der Waals surface area contributed by atoms with Gasteiger partial charge in [0.25, 0.3) is 0 Å². The highest BCUT2D eigenvalue weighted by molar-refractivity contribution is 6.33. The van der Waals surface area contributed by atoms with Crippen LogP contribution < -0.4 is 0 Å². The SMILES string of the molecule is Cc1cccc(-c2ncccc2Cl)c1F. The molecule has 1 aromatic heterocycles. The van der Waals surface area contributed by atoms with Crippen LogP contribution in [-0.4, -0.2) is 4.98 Å². The molecule has 0 spiro atoms. The van der Waals surface area contributed by atoms with Gasteiger partial charge in [-0.3, -0.25) is 4.98 Å². The summed E-state index contributed by atoms with van der Waals surface area (Å²) in [5.41, 5.74) is 1.52. The second-order valence-electron chi connectivity index (χ2n) is 3.27. The molecule has 0 atom stereocenters. The number of pyridine rings is 1. The van der Waals surface area contributed by atoms with Gasteiger partial charge in [-0.05, 0) is 30.7 Å². The fraction of sp³-hybridized carbons (Fsp3) is 0.0833. The second-order valence-corrected chi connectivity index (χ2v) is 3.68. The fourth-order valence-corrected chi connectivity index (χ4v) is 1.64. The van der Waals surface area contributed by atoms with Crippen molar-refractivity contribution >= 4 is 11.6 Å². The molecule has 0 N–H and O–H groups in total. The van der Waals surface area contributed by atoms with Gasteiger partial charge in [0.15, 0.2) is 0 Å². The molecule has 2 aromatic rings. The lowest BCUT2D eigenvalue weighted by atomic mass is 10.1. The highest BCUT2D eigenvalue weighted by Crippen LogP contribution is 2.28. The van der Waals surface area contributed by atoms with Gasteiger partial charge in [0.2, 0.25) is 0 Å². The van der Waals surface area contributed by atoms with Crippen LogP contribution in [0.5, 0.6) is 0 Å². The minimum atomic E-state index is -0.266. The largest absolute Gasteiger partial charge is 0.255 e. The van der Waals surface area contributed by atoms with Gasteiger partial charge in [0, 0.05) is 11.8 Å². The average molecular weight is 222 g/mol. The van der Waals surface area contributed by atoms with E-state index >= 15 is 0 Å². The summed E-state index contributed by atoms with van der Waals surface area (Å²) in [5, 5.41) is 0.460. The van der Waals surface area contributed by atoms with Crippen LogP contribution in [0, 0.1) is 12.7 Å². The van der Waals surface area contributed by atoms with E-state index in [1.165, 1.54) is 0 Å². The summed E-state index contributed by atoms with van der Waals surface area (Å²) in [6, 6.07) is 8.61. The van der Waals surface area contributed by atoms with Gasteiger partial charge in [0.05, 0.1) is 10.7 Å². The van der Waals surface area contributed by atoms with Gasteiger partial charge in [-0.2, -0.15) is 0 Å². The molecule has 0 aliphatic rings. The summed E-state index contributed by atoms with van der Waals surface area (Å²) >= 11 is 5.95. The summed E-state index contributed by atoms with van der Waals surface area (Å²) in [6.07, 6.45) is 1.60. The van der Waals surface area contributed by atoms with Crippen LogP contribution in [-0.2, 0) is 0 Å². The van der Waals surface area contributed by atoms with Crippen LogP contribution in [0.3, 0.4) is 0 Å². The van der Waals surface area contributed by atoms with Crippen LogP contribution in [0.4, 0.5) is 4.39 Å². The lowest BCUT2D eigenvalue weighted by Crippen LogP contribution is -1.91. The van der Waals surface area contributed by atoms with Crippen molar-refractivity contribution < 1.29 is 4.39 Å². The molecule has 0 bridgehead atoms. The predicted octanol–water partition coefficient (Wildman–Crippen LogP) is 3.85. The van der Waals surface area contributed by atoms with E-state index in [1.807, 2.05) is 0 Å². The zero-order valence-electron chi connectivity index (χ0n) is 8.17. The van der Waals surface area contributed by atoms with Crippen LogP contribution in [0.25, 0.3) is 11.3 Å². The number of rotatable bonds is 1. The van der Waals surface area contributed by atoms with Crippen molar-refractivity contribution in [2.75, 3.05) is 0 Å². The summed E-state index contributed by atoms with van der Waals surface area (Å²) in [7, 11) is 0. The van der Waals surface area contributed by atoms with Crippen molar-refractivity contribution in [1.82, 2.24) is 4.98 Å². The third kappa shape index (κ3) is 1.85. The highest BCUT2D eigenvalue weighted by Gasteiger charge is 2.10. The van der Waals surface area contributed by atoms with E-state index in [4.69, 9.17) is 11.6 Å². The van der Waals surface area contributed by atoms with E-state index in [-0.39, 0.29) is 5.82 Å². The molecule has 1 heterocycles. The highest BCUT2D eigenvalue weighted by atomic mass is 35.5. The first-order chi connectivity index (χ1) is 7.20. The molecule has 0 fully saturated rings. The molecule has 0 saturated heterocycles. The summed E-state index contributed by atoms with van der Waals surface area (Å²) in [5.74, 6) is -0.266. The zero-order chi connectivity index (χ0) is 10.8. The summed E-state index contributed by atoms with van der Waals surface area (Å²) in [4.78, 5) is 4.08. The molecule has 0 aliphatic heterocycles. The van der Waals surface area contributed by atoms with E-state index in [1.54, 1.807) is 43.5 Å². The van der Waals surface area contributed by atoms with Crippen molar-refractivity contribution in [2.45, 2.75) is 6.92 Å². The topological polar surface area (TPSA) is 12.9 Å². The number of aryl methyl sites for hydroxylation is 1. The van der Waals surface area contributed by atoms with E-state index in [0.29, 0.717) is 21.8 Å². The van der Waals surface area contributed by atoms with Crippen LogP contribution in [0.1, 0.15) is 5.56 Å². The van der Waals surface area contributed by atoms with E-state index in [9.17, 15) is 4.39 Å². The quantitative estimate of drug-likeness (QED) is 0.713. The van der Waals surface area contributed by atoms with Crippen molar-refractivity contribution in [3.8, 4) is 11.3 Å². The van der Waals surface area contributed by atoms with Gasteiger partial charge in [-0.15, -0.1) is 0 Å². The number of nitrogens with zero attached hydrogens (tertiary/aromatic N) is 1. The van der Waals surface area contributed by atoms with Gasteiger partial charge < -0.3 is 0 Å². The molecule has 15 heavy (non-hydrogen) atoms. The van der Waals surface area contributed by atoms with Crippen molar-refractivity contribution in [1.29, 1.82) is 0 Å². The molecular formula is C12H9ClFN. The Bertz CT molecular complexity index is 497. The maximum atomic E-state index is 13.8. The monoisotopic (exact) mass is 221 g/mol. The van der Waals surface area contributed by atoms with E-state index in [2.05, 4.69) is 4.98 Å². The average Bonchev–Trinajstić information content (AvgIpc) is 2.23. The van der Waals surface area contributed by atoms with E-state index < -0.39 is 0 Å². The maximum absolute atomic E-state index is 13.8. The zero-order valence-corrected chi connectivity index (χ0v) is 8.92. The maximum Gasteiger partial charge on any atom is 0.135 e. The molecule has 1 nitrogen and oxygen atoms in total. The Morgan fingerprint density at radius 1 is 1.20 bits per heavy atom. The number of hydrogen-bond acceptors (Lipinski definition) is 1. The minimum Gasteiger partial charge on any atom is -0.255 e. The molecule has 3 heteroatoms. The number of halogens is 2. The molecule has 0 unspecified atom stereocenters. The Morgan fingerprint density at radius 3 is 2.73 bits per heavy atom. The van der Waals surface area contributed by atoms with Crippen LogP contribution in [0.15, 0.2) is 36.5 Å². The number of benzene rings is 1. The number of hydrogen-bond donors (Lipinski definition) is 0. The first-order valence-corrected chi connectivity index (χ1v) is 4.94. The van der Waals surface area contributed by atoms with Crippen molar-refractivity contribution in [2.24, 2.45) is 0 Å². The van der Waals surface area contributed by atoms with E-state index in [0.717, 1.165) is 0 Å². The molecule has 0 aliphatic carbocycles. The number of aromatic nitrogens is 1. The van der Waals surface area contributed by atoms with Gasteiger partial charge in [-0.1, -0.05) is 23.7 Å². The molecular weight excluding hydrogens is 213 g/mol. The first-order valence-electron chi connectivity index (χ1n) is 4.56.